The van der Waals surface area contributed by atoms with Crippen LogP contribution in [0.15, 0.2) is 67.0 Å². The molecule has 0 saturated heterocycles. The number of hydrogen-bond acceptors (Lipinski definition) is 3. The van der Waals surface area contributed by atoms with Crippen molar-refractivity contribution < 1.29 is 9.42 Å². The summed E-state index contributed by atoms with van der Waals surface area (Å²) in [7, 11) is 3.80. The second kappa shape index (κ2) is 8.52. The summed E-state index contributed by atoms with van der Waals surface area (Å²) in [5, 5.41) is 5.02. The van der Waals surface area contributed by atoms with Gasteiger partial charge in [-0.1, -0.05) is 42.5 Å². The molecule has 31 heavy (non-hydrogen) atoms. The Labute approximate surface area is 183 Å². The molecule has 0 radical (unpaired) electrons. The Hall–Kier alpha value is -3.18. The molecule has 5 heteroatoms. The number of fused-ring (bicyclic) bond motifs is 3. The van der Waals surface area contributed by atoms with Gasteiger partial charge in [0, 0.05) is 18.8 Å². The van der Waals surface area contributed by atoms with Gasteiger partial charge >= 0.3 is 0 Å². The third-order valence-electron chi connectivity index (χ3n) is 6.38. The number of pyridine rings is 1. The average Bonchev–Trinajstić information content (AvgIpc) is 3.14. The highest BCUT2D eigenvalue weighted by Crippen LogP contribution is 2.28. The van der Waals surface area contributed by atoms with Crippen molar-refractivity contribution >= 4 is 11.0 Å². The van der Waals surface area contributed by atoms with E-state index in [4.69, 9.17) is 9.72 Å². The zero-order valence-corrected chi connectivity index (χ0v) is 18.2. The highest BCUT2D eigenvalue weighted by molar-refractivity contribution is 5.79. The summed E-state index contributed by atoms with van der Waals surface area (Å²) in [6.07, 6.45) is 7.62. The molecule has 1 aliphatic carbocycles. The fraction of sp³-hybridized carbons (Fsp3) is 0.308. The maximum Gasteiger partial charge on any atom is 0.205 e. The van der Waals surface area contributed by atoms with Crippen molar-refractivity contribution in [3.05, 3.63) is 89.2 Å². The number of benzene rings is 2. The number of hydrogen-bond donors (Lipinski definition) is 1. The largest absolute Gasteiger partial charge is 0.497 e. The Bertz CT molecular complexity index is 1180. The molecule has 0 spiro atoms. The Balaban J connectivity index is 1.35. The van der Waals surface area contributed by atoms with Gasteiger partial charge in [-0.05, 0) is 53.6 Å². The molecule has 4 aromatic rings. The zero-order chi connectivity index (χ0) is 21.2. The number of methoxy groups -OCH3 is 1. The first-order chi connectivity index (χ1) is 15.2. The summed E-state index contributed by atoms with van der Waals surface area (Å²) in [6.45, 7) is 1.71. The van der Waals surface area contributed by atoms with Crippen LogP contribution in [0.25, 0.3) is 11.0 Å². The first-order valence-corrected chi connectivity index (χ1v) is 11.0. The Kier molecular flexibility index (Phi) is 5.43. The van der Waals surface area contributed by atoms with E-state index in [0.29, 0.717) is 6.04 Å². The van der Waals surface area contributed by atoms with Crippen molar-refractivity contribution in [2.45, 2.75) is 38.4 Å². The maximum atomic E-state index is 5.28. The van der Waals surface area contributed by atoms with Gasteiger partial charge < -0.3 is 10.1 Å². The van der Waals surface area contributed by atoms with Crippen molar-refractivity contribution in [2.75, 3.05) is 7.11 Å². The van der Waals surface area contributed by atoms with Crippen molar-refractivity contribution in [1.29, 1.82) is 0 Å². The lowest BCUT2D eigenvalue weighted by atomic mass is 9.88. The first-order valence-electron chi connectivity index (χ1n) is 11.0. The summed E-state index contributed by atoms with van der Waals surface area (Å²) in [6, 6.07) is 19.4. The number of nitrogens with zero attached hydrogens (tertiary/aromatic N) is 3. The minimum atomic E-state index is 0.502. The fourth-order valence-corrected chi connectivity index (χ4v) is 4.62. The van der Waals surface area contributed by atoms with Crippen molar-refractivity contribution in [3.8, 4) is 5.75 Å². The number of aromatic nitrogens is 3. The van der Waals surface area contributed by atoms with Gasteiger partial charge in [-0.3, -0.25) is 0 Å². The molecular formula is C26H29N4O+. The third kappa shape index (κ3) is 4.06. The van der Waals surface area contributed by atoms with Gasteiger partial charge in [0.05, 0.1) is 12.5 Å². The van der Waals surface area contributed by atoms with Crippen molar-refractivity contribution in [1.82, 2.24) is 15.0 Å². The number of ether oxygens (including phenoxy) is 1. The normalized spacial score (nSPS) is 15.7. The van der Waals surface area contributed by atoms with Crippen LogP contribution in [-0.4, -0.2) is 22.8 Å². The Morgan fingerprint density at radius 1 is 1.10 bits per heavy atom. The van der Waals surface area contributed by atoms with Crippen molar-refractivity contribution in [3.63, 3.8) is 0 Å². The van der Waals surface area contributed by atoms with E-state index in [1.807, 2.05) is 12.1 Å². The smallest absolute Gasteiger partial charge is 0.205 e. The first kappa shape index (κ1) is 19.8. The quantitative estimate of drug-likeness (QED) is 0.492. The molecule has 0 fully saturated rings. The summed E-state index contributed by atoms with van der Waals surface area (Å²) >= 11 is 0. The number of nitrogens with one attached hydrogen (secondary N) is 1. The second-order valence-corrected chi connectivity index (χ2v) is 8.41. The molecule has 1 N–H and O–H groups in total. The van der Waals surface area contributed by atoms with E-state index in [1.54, 1.807) is 7.11 Å². The molecule has 1 aliphatic rings. The Morgan fingerprint density at radius 3 is 2.68 bits per heavy atom. The molecule has 1 unspecified atom stereocenters. The van der Waals surface area contributed by atoms with Gasteiger partial charge in [-0.2, -0.15) is 0 Å². The number of aryl methyl sites for hydroxylation is 2. The predicted octanol–water partition coefficient (Wildman–Crippen LogP) is 3.56. The zero-order valence-electron chi connectivity index (χ0n) is 18.2. The van der Waals surface area contributed by atoms with Crippen LogP contribution in [0.2, 0.25) is 0 Å². The molecule has 0 amide bonds. The van der Waals surface area contributed by atoms with Crippen LogP contribution in [0.1, 0.15) is 28.7 Å². The lowest BCUT2D eigenvalue weighted by Gasteiger charge is -2.25. The van der Waals surface area contributed by atoms with Crippen LogP contribution in [0.5, 0.6) is 5.75 Å². The summed E-state index contributed by atoms with van der Waals surface area (Å²) < 4.78 is 9.70. The van der Waals surface area contributed by atoms with Gasteiger partial charge in [0.15, 0.2) is 7.05 Å². The molecule has 5 nitrogen and oxygen atoms in total. The van der Waals surface area contributed by atoms with Gasteiger partial charge in [-0.15, -0.1) is 9.36 Å². The summed E-state index contributed by atoms with van der Waals surface area (Å²) in [4.78, 5) is 4.89. The molecular weight excluding hydrogens is 384 g/mol. The van der Waals surface area contributed by atoms with E-state index >= 15 is 0 Å². The number of rotatable bonds is 6. The third-order valence-corrected chi connectivity index (χ3v) is 6.38. The van der Waals surface area contributed by atoms with Crippen LogP contribution in [-0.2, 0) is 33.0 Å². The maximum absolute atomic E-state index is 5.28. The minimum Gasteiger partial charge on any atom is -0.497 e. The van der Waals surface area contributed by atoms with Gasteiger partial charge in [0.25, 0.3) is 0 Å². The molecule has 2 heterocycles. The van der Waals surface area contributed by atoms with Crippen LogP contribution in [0.3, 0.4) is 0 Å². The van der Waals surface area contributed by atoms with E-state index in [9.17, 15) is 0 Å². The van der Waals surface area contributed by atoms with E-state index in [2.05, 4.69) is 76.6 Å². The van der Waals surface area contributed by atoms with Crippen LogP contribution >= 0.6 is 0 Å². The van der Waals surface area contributed by atoms with E-state index in [-0.39, 0.29) is 0 Å². The van der Waals surface area contributed by atoms with Gasteiger partial charge in [0.1, 0.15) is 12.3 Å². The molecule has 0 aliphatic heterocycles. The highest BCUT2D eigenvalue weighted by atomic mass is 16.5. The van der Waals surface area contributed by atoms with Crippen LogP contribution in [0, 0.1) is 0 Å². The molecule has 0 bridgehead atoms. The SMILES string of the molecule is COc1ccc(Cn2c3ncc4c(c3c[n+]2C)CCC(NCc2ccccc2)C4)cc1. The van der Waals surface area contributed by atoms with E-state index < -0.39 is 0 Å². The van der Waals surface area contributed by atoms with E-state index in [0.717, 1.165) is 43.7 Å². The lowest BCUT2D eigenvalue weighted by molar-refractivity contribution is -0.750. The monoisotopic (exact) mass is 413 g/mol. The molecule has 2 aromatic carbocycles. The van der Waals surface area contributed by atoms with Gasteiger partial charge in [0.2, 0.25) is 11.8 Å². The second-order valence-electron chi connectivity index (χ2n) is 8.41. The fourth-order valence-electron chi connectivity index (χ4n) is 4.62. The van der Waals surface area contributed by atoms with Crippen molar-refractivity contribution in [2.24, 2.45) is 7.05 Å². The van der Waals surface area contributed by atoms with Gasteiger partial charge in [-0.25, -0.2) is 4.98 Å². The van der Waals surface area contributed by atoms with Crippen LogP contribution < -0.4 is 14.7 Å². The minimum absolute atomic E-state index is 0.502. The van der Waals surface area contributed by atoms with E-state index in [1.165, 1.54) is 27.6 Å². The standard InChI is InChI=1S/C26H29N4O/c1-29-18-25-24-13-10-22(27-15-19-6-4-3-5-7-19)14-21(24)16-28-26(25)30(29)17-20-8-11-23(31-2)12-9-20/h3-9,11-12,16,18,22,27H,10,13-15,17H2,1-2H3/q+1. The molecule has 158 valence electrons. The summed E-state index contributed by atoms with van der Waals surface area (Å²) in [5.41, 5.74) is 6.48. The molecule has 1 atom stereocenters. The average molecular weight is 414 g/mol. The lowest BCUT2D eigenvalue weighted by Crippen LogP contribution is -2.38. The molecule has 0 saturated carbocycles. The molecule has 5 rings (SSSR count). The predicted molar refractivity (Wildman–Crippen MR) is 122 cm³/mol. The summed E-state index contributed by atoms with van der Waals surface area (Å²) in [5.74, 6) is 0.883. The van der Waals surface area contributed by atoms with Crippen LogP contribution in [0.4, 0.5) is 0 Å². The topological polar surface area (TPSA) is 43.0 Å². The highest BCUT2D eigenvalue weighted by Gasteiger charge is 2.25. The Morgan fingerprint density at radius 2 is 1.90 bits per heavy atom. The molecule has 2 aromatic heterocycles.